The van der Waals surface area contributed by atoms with E-state index < -0.39 is 10.0 Å². The number of sulfonamides is 1. The van der Waals surface area contributed by atoms with Crippen molar-refractivity contribution in [3.63, 3.8) is 0 Å². The van der Waals surface area contributed by atoms with E-state index in [9.17, 15) is 8.42 Å². The molecular weight excluding hydrogens is 319 g/mol. The van der Waals surface area contributed by atoms with Crippen molar-refractivity contribution in [3.05, 3.63) is 28.2 Å². The quantitative estimate of drug-likeness (QED) is 0.919. The van der Waals surface area contributed by atoms with E-state index >= 15 is 0 Å². The van der Waals surface area contributed by atoms with Crippen LogP contribution in [-0.4, -0.2) is 38.4 Å². The molecule has 1 saturated heterocycles. The molecule has 1 atom stereocenters. The van der Waals surface area contributed by atoms with Gasteiger partial charge in [0.2, 0.25) is 10.0 Å². The summed E-state index contributed by atoms with van der Waals surface area (Å²) in [7, 11) is -3.63. The van der Waals surface area contributed by atoms with Crippen molar-refractivity contribution >= 4 is 33.2 Å². The fraction of sp³-hybridized carbons (Fsp3) is 0.538. The van der Waals surface area contributed by atoms with Gasteiger partial charge in [0.1, 0.15) is 4.90 Å². The van der Waals surface area contributed by atoms with E-state index in [0.29, 0.717) is 18.1 Å². The fourth-order valence-corrected chi connectivity index (χ4v) is 4.91. The van der Waals surface area contributed by atoms with Gasteiger partial charge in [-0.15, -0.1) is 0 Å². The lowest BCUT2D eigenvalue weighted by atomic mass is 10.1. The molecule has 4 nitrogen and oxygen atoms in total. The van der Waals surface area contributed by atoms with E-state index in [1.54, 1.807) is 6.07 Å². The van der Waals surface area contributed by atoms with Gasteiger partial charge in [-0.05, 0) is 37.6 Å². The third-order valence-electron chi connectivity index (χ3n) is 3.47. The minimum Gasteiger partial charge on any atom is -0.315 e. The Morgan fingerprint density at radius 3 is 2.75 bits per heavy atom. The number of hydrogen-bond donors (Lipinski definition) is 1. The molecule has 0 aliphatic carbocycles. The highest BCUT2D eigenvalue weighted by atomic mass is 35.5. The standard InChI is InChI=1S/C13H18Cl2N2O2S/c1-2-17(11-4-3-7-16-9-11)20(18,19)13-8-10(14)5-6-12(13)15/h5-6,8,11,16H,2-4,7,9H2,1H3. The third kappa shape index (κ3) is 3.28. The van der Waals surface area contributed by atoms with Crippen LogP contribution in [0.3, 0.4) is 0 Å². The van der Waals surface area contributed by atoms with Gasteiger partial charge >= 0.3 is 0 Å². The smallest absolute Gasteiger partial charge is 0.244 e. The van der Waals surface area contributed by atoms with Gasteiger partial charge in [0.05, 0.1) is 5.02 Å². The second-order valence-electron chi connectivity index (χ2n) is 4.78. The molecule has 1 aliphatic rings. The number of rotatable bonds is 4. The molecular formula is C13H18Cl2N2O2S. The van der Waals surface area contributed by atoms with Crippen molar-refractivity contribution in [1.29, 1.82) is 0 Å². The lowest BCUT2D eigenvalue weighted by Gasteiger charge is -2.33. The second kappa shape index (κ2) is 6.62. The van der Waals surface area contributed by atoms with Crippen LogP contribution in [0.4, 0.5) is 0 Å². The van der Waals surface area contributed by atoms with Gasteiger partial charge < -0.3 is 5.32 Å². The van der Waals surface area contributed by atoms with Gasteiger partial charge in [0.25, 0.3) is 0 Å². The highest BCUT2D eigenvalue weighted by Gasteiger charge is 2.32. The zero-order valence-electron chi connectivity index (χ0n) is 11.3. The summed E-state index contributed by atoms with van der Waals surface area (Å²) in [4.78, 5) is 0.0825. The molecule has 2 rings (SSSR count). The van der Waals surface area contributed by atoms with Crippen LogP contribution >= 0.6 is 23.2 Å². The maximum absolute atomic E-state index is 12.8. The average molecular weight is 337 g/mol. The van der Waals surface area contributed by atoms with E-state index in [-0.39, 0.29) is 16.0 Å². The third-order valence-corrected chi connectivity index (χ3v) is 6.21. The van der Waals surface area contributed by atoms with Crippen molar-refractivity contribution in [2.75, 3.05) is 19.6 Å². The van der Waals surface area contributed by atoms with Crippen LogP contribution in [0.2, 0.25) is 10.0 Å². The van der Waals surface area contributed by atoms with E-state index in [1.807, 2.05) is 6.92 Å². The average Bonchev–Trinajstić information content (AvgIpc) is 2.43. The highest BCUT2D eigenvalue weighted by Crippen LogP contribution is 2.29. The SMILES string of the molecule is CCN(C1CCCNC1)S(=O)(=O)c1cc(Cl)ccc1Cl. The lowest BCUT2D eigenvalue weighted by Crippen LogP contribution is -2.48. The summed E-state index contributed by atoms with van der Waals surface area (Å²) < 4.78 is 27.1. The summed E-state index contributed by atoms with van der Waals surface area (Å²) in [6.07, 6.45) is 1.83. The first-order valence-electron chi connectivity index (χ1n) is 6.64. The number of benzene rings is 1. The molecule has 0 spiro atoms. The molecule has 0 radical (unpaired) electrons. The number of piperidine rings is 1. The van der Waals surface area contributed by atoms with Crippen LogP contribution in [0.5, 0.6) is 0 Å². The molecule has 1 N–H and O–H groups in total. The molecule has 0 amide bonds. The first kappa shape index (κ1) is 16.0. The predicted octanol–water partition coefficient (Wildman–Crippen LogP) is 2.76. The Balaban J connectivity index is 2.38. The zero-order chi connectivity index (χ0) is 14.8. The number of likely N-dealkylation sites (N-methyl/N-ethyl adjacent to an activating group) is 1. The Morgan fingerprint density at radius 1 is 1.40 bits per heavy atom. The van der Waals surface area contributed by atoms with Crippen LogP contribution in [0, 0.1) is 0 Å². The molecule has 20 heavy (non-hydrogen) atoms. The molecule has 1 aromatic rings. The van der Waals surface area contributed by atoms with Gasteiger partial charge in [0, 0.05) is 24.2 Å². The molecule has 1 fully saturated rings. The summed E-state index contributed by atoms with van der Waals surface area (Å²) >= 11 is 11.9. The van der Waals surface area contributed by atoms with E-state index in [0.717, 1.165) is 19.4 Å². The number of nitrogens with one attached hydrogen (secondary N) is 1. The largest absolute Gasteiger partial charge is 0.315 e. The van der Waals surface area contributed by atoms with Crippen LogP contribution in [-0.2, 0) is 10.0 Å². The maximum Gasteiger partial charge on any atom is 0.244 e. The van der Waals surface area contributed by atoms with E-state index in [4.69, 9.17) is 23.2 Å². The van der Waals surface area contributed by atoms with E-state index in [2.05, 4.69) is 5.32 Å². The molecule has 7 heteroatoms. The van der Waals surface area contributed by atoms with Gasteiger partial charge in [-0.1, -0.05) is 30.1 Å². The second-order valence-corrected chi connectivity index (χ2v) is 7.49. The topological polar surface area (TPSA) is 49.4 Å². The Kier molecular flexibility index (Phi) is 5.31. The Bertz CT molecular complexity index is 572. The van der Waals surface area contributed by atoms with Crippen molar-refractivity contribution < 1.29 is 8.42 Å². The van der Waals surface area contributed by atoms with Crippen LogP contribution in [0.25, 0.3) is 0 Å². The summed E-state index contributed by atoms with van der Waals surface area (Å²) in [5, 5.41) is 3.81. The molecule has 1 aliphatic heterocycles. The molecule has 112 valence electrons. The first-order valence-corrected chi connectivity index (χ1v) is 8.84. The van der Waals surface area contributed by atoms with Crippen LogP contribution in [0.15, 0.2) is 23.1 Å². The predicted molar refractivity (Wildman–Crippen MR) is 81.9 cm³/mol. The van der Waals surface area contributed by atoms with Gasteiger partial charge in [-0.2, -0.15) is 4.31 Å². The number of nitrogens with zero attached hydrogens (tertiary/aromatic N) is 1. The minimum atomic E-state index is -3.63. The van der Waals surface area contributed by atoms with Crippen molar-refractivity contribution in [1.82, 2.24) is 9.62 Å². The van der Waals surface area contributed by atoms with Crippen molar-refractivity contribution in [2.24, 2.45) is 0 Å². The summed E-state index contributed by atoms with van der Waals surface area (Å²) in [6.45, 7) is 3.86. The van der Waals surface area contributed by atoms with Gasteiger partial charge in [0.15, 0.2) is 0 Å². The van der Waals surface area contributed by atoms with Gasteiger partial charge in [-0.3, -0.25) is 0 Å². The maximum atomic E-state index is 12.8. The van der Waals surface area contributed by atoms with Crippen LogP contribution in [0.1, 0.15) is 19.8 Å². The molecule has 0 saturated carbocycles. The monoisotopic (exact) mass is 336 g/mol. The Hall–Kier alpha value is -0.330. The number of halogens is 2. The fourth-order valence-electron chi connectivity index (χ4n) is 2.50. The molecule has 1 unspecified atom stereocenters. The summed E-state index contributed by atoms with van der Waals surface area (Å²) in [6, 6.07) is 4.48. The molecule has 0 bridgehead atoms. The molecule has 1 heterocycles. The Labute approximate surface area is 130 Å². The highest BCUT2D eigenvalue weighted by molar-refractivity contribution is 7.89. The van der Waals surface area contributed by atoms with Crippen LogP contribution < -0.4 is 5.32 Å². The Morgan fingerprint density at radius 2 is 2.15 bits per heavy atom. The normalized spacial score (nSPS) is 20.3. The van der Waals surface area contributed by atoms with Crippen molar-refractivity contribution in [3.8, 4) is 0 Å². The van der Waals surface area contributed by atoms with Crippen molar-refractivity contribution in [2.45, 2.75) is 30.7 Å². The zero-order valence-corrected chi connectivity index (χ0v) is 13.6. The van der Waals surface area contributed by atoms with E-state index in [1.165, 1.54) is 16.4 Å². The first-order chi connectivity index (χ1) is 9.46. The molecule has 1 aromatic carbocycles. The summed E-state index contributed by atoms with van der Waals surface area (Å²) in [5.74, 6) is 0. The lowest BCUT2D eigenvalue weighted by molar-refractivity contribution is 0.274. The molecule has 0 aromatic heterocycles. The minimum absolute atomic E-state index is 0.0335. The number of hydrogen-bond acceptors (Lipinski definition) is 3. The van der Waals surface area contributed by atoms with Gasteiger partial charge in [-0.25, -0.2) is 8.42 Å². The summed E-state index contributed by atoms with van der Waals surface area (Å²) in [5.41, 5.74) is 0.